The van der Waals surface area contributed by atoms with E-state index in [4.69, 9.17) is 0 Å². The van der Waals surface area contributed by atoms with Gasteiger partial charge in [-0.25, -0.2) is 24.3 Å². The van der Waals surface area contributed by atoms with Gasteiger partial charge in [0.15, 0.2) is 10.9 Å². The molecule has 0 bridgehead atoms. The van der Waals surface area contributed by atoms with Crippen LogP contribution < -0.4 is 20.9 Å². The molecule has 4 rings (SSSR count). The summed E-state index contributed by atoms with van der Waals surface area (Å²) in [6.45, 7) is 5.69. The van der Waals surface area contributed by atoms with Gasteiger partial charge in [0.1, 0.15) is 11.5 Å². The summed E-state index contributed by atoms with van der Waals surface area (Å²) >= 11 is 1.35. The van der Waals surface area contributed by atoms with Crippen LogP contribution in [0.4, 0.5) is 27.0 Å². The van der Waals surface area contributed by atoms with Crippen LogP contribution in [0.25, 0.3) is 10.6 Å². The van der Waals surface area contributed by atoms with Gasteiger partial charge < -0.3 is 20.9 Å². The molecular weight excluding hydrogens is 379 g/mol. The van der Waals surface area contributed by atoms with E-state index in [0.29, 0.717) is 15.8 Å². The summed E-state index contributed by atoms with van der Waals surface area (Å²) < 4.78 is 14.3. The minimum Gasteiger partial charge on any atom is -0.368 e. The van der Waals surface area contributed by atoms with Crippen LogP contribution in [0.5, 0.6) is 0 Å². The predicted molar refractivity (Wildman–Crippen MR) is 110 cm³/mol. The van der Waals surface area contributed by atoms with Crippen LogP contribution in [0.2, 0.25) is 0 Å². The molecular formula is C18H21FN8S. The van der Waals surface area contributed by atoms with Gasteiger partial charge in [0.05, 0.1) is 28.7 Å². The van der Waals surface area contributed by atoms with Crippen molar-refractivity contribution < 1.29 is 4.39 Å². The standard InChI is InChI=1S/C18H21FN8S/c1-11-16(28-18(20-2)24-11)15-13(19)10-23-17(26-15)25-14-4-3-12(9-22-14)27-7-5-21-6-8-27/h3-4,9-10,21H,5-8H2,1-2H3,(H,20,24)(H,22,23,25,26). The summed E-state index contributed by atoms with van der Waals surface area (Å²) in [7, 11) is 1.78. The van der Waals surface area contributed by atoms with Gasteiger partial charge >= 0.3 is 0 Å². The molecule has 8 nitrogen and oxygen atoms in total. The van der Waals surface area contributed by atoms with Gasteiger partial charge in [0, 0.05) is 33.2 Å². The second-order valence-corrected chi connectivity index (χ2v) is 7.34. The molecule has 146 valence electrons. The second-order valence-electron chi connectivity index (χ2n) is 6.34. The Bertz CT molecular complexity index is 953. The van der Waals surface area contributed by atoms with Crippen LogP contribution in [0.15, 0.2) is 24.5 Å². The maximum Gasteiger partial charge on any atom is 0.229 e. The smallest absolute Gasteiger partial charge is 0.229 e. The second kappa shape index (κ2) is 8.03. The van der Waals surface area contributed by atoms with E-state index < -0.39 is 5.82 Å². The maximum atomic E-state index is 14.3. The normalized spacial score (nSPS) is 14.2. The minimum atomic E-state index is -0.484. The minimum absolute atomic E-state index is 0.228. The molecule has 1 aliphatic rings. The highest BCUT2D eigenvalue weighted by atomic mass is 32.1. The molecule has 0 amide bonds. The van der Waals surface area contributed by atoms with Gasteiger partial charge in [-0.05, 0) is 19.1 Å². The molecule has 10 heteroatoms. The molecule has 0 aromatic carbocycles. The van der Waals surface area contributed by atoms with Gasteiger partial charge in [0.25, 0.3) is 0 Å². The molecule has 1 saturated heterocycles. The number of halogens is 1. The van der Waals surface area contributed by atoms with Crippen LogP contribution in [0, 0.1) is 12.7 Å². The first kappa shape index (κ1) is 18.5. The van der Waals surface area contributed by atoms with Crippen molar-refractivity contribution in [2.24, 2.45) is 0 Å². The van der Waals surface area contributed by atoms with Crippen molar-refractivity contribution in [1.82, 2.24) is 25.3 Å². The van der Waals surface area contributed by atoms with Crippen molar-refractivity contribution in [2.75, 3.05) is 48.8 Å². The monoisotopic (exact) mass is 400 g/mol. The lowest BCUT2D eigenvalue weighted by atomic mass is 10.3. The Morgan fingerprint density at radius 3 is 2.64 bits per heavy atom. The van der Waals surface area contributed by atoms with E-state index in [2.05, 4.69) is 40.8 Å². The van der Waals surface area contributed by atoms with Gasteiger partial charge in [0.2, 0.25) is 5.95 Å². The molecule has 0 spiro atoms. The largest absolute Gasteiger partial charge is 0.368 e. The predicted octanol–water partition coefficient (Wildman–Crippen LogP) is 2.64. The molecule has 0 radical (unpaired) electrons. The first-order valence-electron chi connectivity index (χ1n) is 9.01. The van der Waals surface area contributed by atoms with Crippen molar-refractivity contribution in [3.8, 4) is 10.6 Å². The third-order valence-corrected chi connectivity index (χ3v) is 5.62. The number of thiazole rings is 1. The van der Waals surface area contributed by atoms with E-state index in [1.807, 2.05) is 25.3 Å². The van der Waals surface area contributed by atoms with E-state index in [-0.39, 0.29) is 11.6 Å². The number of hydrogen-bond donors (Lipinski definition) is 3. The van der Waals surface area contributed by atoms with E-state index >= 15 is 0 Å². The van der Waals surface area contributed by atoms with E-state index in [0.717, 1.165) is 43.8 Å². The Morgan fingerprint density at radius 2 is 1.96 bits per heavy atom. The summed E-state index contributed by atoms with van der Waals surface area (Å²) in [6, 6.07) is 3.89. The SMILES string of the molecule is CNc1nc(C)c(-c2nc(Nc3ccc(N4CCNCC4)cn3)ncc2F)s1. The summed E-state index contributed by atoms with van der Waals surface area (Å²) in [5.74, 6) is 0.410. The highest BCUT2D eigenvalue weighted by Gasteiger charge is 2.17. The zero-order valence-electron chi connectivity index (χ0n) is 15.7. The first-order chi connectivity index (χ1) is 13.6. The molecule has 28 heavy (non-hydrogen) atoms. The summed E-state index contributed by atoms with van der Waals surface area (Å²) in [6.07, 6.45) is 2.99. The number of rotatable bonds is 5. The molecule has 0 aliphatic carbocycles. The molecule has 1 fully saturated rings. The number of nitrogens with zero attached hydrogens (tertiary/aromatic N) is 5. The van der Waals surface area contributed by atoms with Crippen molar-refractivity contribution in [1.29, 1.82) is 0 Å². The number of aromatic nitrogens is 4. The molecule has 3 aromatic rings. The lowest BCUT2D eigenvalue weighted by molar-refractivity contribution is 0.589. The Kier molecular flexibility index (Phi) is 5.31. The van der Waals surface area contributed by atoms with Crippen molar-refractivity contribution >= 4 is 33.9 Å². The van der Waals surface area contributed by atoms with E-state index in [9.17, 15) is 4.39 Å². The molecule has 1 aliphatic heterocycles. The fraction of sp³-hybridized carbons (Fsp3) is 0.333. The zero-order chi connectivity index (χ0) is 19.5. The van der Waals surface area contributed by atoms with Gasteiger partial charge in [-0.2, -0.15) is 0 Å². The topological polar surface area (TPSA) is 90.9 Å². The van der Waals surface area contributed by atoms with Gasteiger partial charge in [-0.15, -0.1) is 0 Å². The molecule has 0 unspecified atom stereocenters. The average molecular weight is 400 g/mol. The number of nitrogens with one attached hydrogen (secondary N) is 3. The Hall–Kier alpha value is -2.85. The summed E-state index contributed by atoms with van der Waals surface area (Å²) in [5.41, 5.74) is 2.02. The van der Waals surface area contributed by atoms with E-state index in [1.54, 1.807) is 7.05 Å². The first-order valence-corrected chi connectivity index (χ1v) is 9.82. The van der Waals surface area contributed by atoms with Crippen LogP contribution in [-0.4, -0.2) is 53.2 Å². The lowest BCUT2D eigenvalue weighted by Gasteiger charge is -2.29. The van der Waals surface area contributed by atoms with Crippen molar-refractivity contribution in [2.45, 2.75) is 6.92 Å². The van der Waals surface area contributed by atoms with Gasteiger partial charge in [-0.1, -0.05) is 11.3 Å². The Labute approximate surface area is 166 Å². The summed E-state index contributed by atoms with van der Waals surface area (Å²) in [4.78, 5) is 20.1. The van der Waals surface area contributed by atoms with E-state index in [1.165, 1.54) is 11.3 Å². The van der Waals surface area contributed by atoms with Crippen LogP contribution >= 0.6 is 11.3 Å². The Balaban J connectivity index is 1.54. The van der Waals surface area contributed by atoms with Crippen molar-refractivity contribution in [3.05, 3.63) is 36.0 Å². The quantitative estimate of drug-likeness (QED) is 0.602. The van der Waals surface area contributed by atoms with Crippen molar-refractivity contribution in [3.63, 3.8) is 0 Å². The molecule has 0 saturated carbocycles. The molecule has 3 N–H and O–H groups in total. The maximum absolute atomic E-state index is 14.3. The number of aryl methyl sites for hydroxylation is 1. The molecule has 4 heterocycles. The third kappa shape index (κ3) is 3.87. The molecule has 0 atom stereocenters. The average Bonchev–Trinajstić information content (AvgIpc) is 3.11. The number of anilines is 4. The number of piperazine rings is 1. The highest BCUT2D eigenvalue weighted by Crippen LogP contribution is 2.33. The lowest BCUT2D eigenvalue weighted by Crippen LogP contribution is -2.43. The number of pyridine rings is 1. The fourth-order valence-corrected chi connectivity index (χ4v) is 3.91. The Morgan fingerprint density at radius 1 is 1.14 bits per heavy atom. The van der Waals surface area contributed by atoms with Crippen LogP contribution in [0.3, 0.4) is 0 Å². The summed E-state index contributed by atoms with van der Waals surface area (Å²) in [5, 5.41) is 10.1. The highest BCUT2D eigenvalue weighted by molar-refractivity contribution is 7.19. The zero-order valence-corrected chi connectivity index (χ0v) is 16.5. The third-order valence-electron chi connectivity index (χ3n) is 4.44. The van der Waals surface area contributed by atoms with Gasteiger partial charge in [-0.3, -0.25) is 0 Å². The number of hydrogen-bond acceptors (Lipinski definition) is 9. The fourth-order valence-electron chi connectivity index (χ4n) is 2.99. The van der Waals surface area contributed by atoms with Crippen LogP contribution in [-0.2, 0) is 0 Å². The molecule has 3 aromatic heterocycles. The van der Waals surface area contributed by atoms with Crippen LogP contribution in [0.1, 0.15) is 5.69 Å².